The fraction of sp³-hybridized carbons (Fsp3) is 0.556. The quantitative estimate of drug-likeness (QED) is 0.240. The van der Waals surface area contributed by atoms with Crippen molar-refractivity contribution in [1.82, 2.24) is 10.8 Å². The van der Waals surface area contributed by atoms with E-state index in [9.17, 15) is 9.59 Å². The highest BCUT2D eigenvalue weighted by Crippen LogP contribution is 1.98. The zero-order valence-electron chi connectivity index (χ0n) is 8.08. The van der Waals surface area contributed by atoms with Gasteiger partial charge in [0.05, 0.1) is 0 Å². The molecule has 0 bridgehead atoms. The highest BCUT2D eigenvalue weighted by Gasteiger charge is 1.98. The number of hydrogen-bond acceptors (Lipinski definition) is 3. The van der Waals surface area contributed by atoms with Crippen LogP contribution in [0.4, 0.5) is 0 Å². The molecule has 14 heavy (non-hydrogen) atoms. The van der Waals surface area contributed by atoms with Gasteiger partial charge >= 0.3 is 0 Å². The summed E-state index contributed by atoms with van der Waals surface area (Å²) in [4.78, 5) is 21.2. The molecule has 2 amide bonds. The third kappa shape index (κ3) is 7.30. The monoisotopic (exact) mass is 200 g/mol. The van der Waals surface area contributed by atoms with Gasteiger partial charge in [-0.05, 0) is 18.9 Å². The van der Waals surface area contributed by atoms with Crippen molar-refractivity contribution in [3.63, 3.8) is 0 Å². The van der Waals surface area contributed by atoms with Crippen molar-refractivity contribution in [2.24, 2.45) is 0 Å². The fourth-order valence-corrected chi connectivity index (χ4v) is 0.927. The van der Waals surface area contributed by atoms with Gasteiger partial charge in [0.2, 0.25) is 11.8 Å². The van der Waals surface area contributed by atoms with Crippen LogP contribution in [0.15, 0.2) is 12.7 Å². The Kier molecular flexibility index (Phi) is 7.45. The largest absolute Gasteiger partial charge is 0.353 e. The number of carbonyl (C=O) groups is 2. The van der Waals surface area contributed by atoms with Gasteiger partial charge in [0, 0.05) is 13.0 Å². The van der Waals surface area contributed by atoms with Gasteiger partial charge in [-0.25, -0.2) is 5.48 Å². The summed E-state index contributed by atoms with van der Waals surface area (Å²) < 4.78 is 0. The summed E-state index contributed by atoms with van der Waals surface area (Å²) in [6.45, 7) is 3.91. The second-order valence-corrected chi connectivity index (χ2v) is 2.84. The first-order valence-electron chi connectivity index (χ1n) is 4.54. The molecule has 0 aliphatic carbocycles. The summed E-state index contributed by atoms with van der Waals surface area (Å²) in [5, 5.41) is 10.8. The van der Waals surface area contributed by atoms with Crippen LogP contribution in [-0.4, -0.2) is 23.6 Å². The van der Waals surface area contributed by atoms with Crippen molar-refractivity contribution >= 4 is 11.8 Å². The van der Waals surface area contributed by atoms with Gasteiger partial charge in [-0.1, -0.05) is 13.0 Å². The van der Waals surface area contributed by atoms with E-state index in [1.165, 1.54) is 6.08 Å². The number of hydrogen-bond donors (Lipinski definition) is 3. The third-order valence-electron chi connectivity index (χ3n) is 1.69. The molecule has 0 aliphatic heterocycles. The molecule has 5 heteroatoms. The minimum atomic E-state index is -0.375. The summed E-state index contributed by atoms with van der Waals surface area (Å²) in [5.74, 6) is -0.557. The lowest BCUT2D eigenvalue weighted by atomic mass is 10.2. The lowest BCUT2D eigenvalue weighted by Crippen LogP contribution is -2.22. The Morgan fingerprint density at radius 2 is 2.00 bits per heavy atom. The van der Waals surface area contributed by atoms with E-state index in [4.69, 9.17) is 5.21 Å². The summed E-state index contributed by atoms with van der Waals surface area (Å²) in [6.07, 6.45) is 3.89. The predicted molar refractivity (Wildman–Crippen MR) is 51.6 cm³/mol. The van der Waals surface area contributed by atoms with Crippen molar-refractivity contribution < 1.29 is 14.8 Å². The van der Waals surface area contributed by atoms with E-state index in [1.54, 1.807) is 5.48 Å². The van der Waals surface area contributed by atoms with E-state index in [-0.39, 0.29) is 11.8 Å². The van der Waals surface area contributed by atoms with Crippen molar-refractivity contribution in [3.05, 3.63) is 12.7 Å². The van der Waals surface area contributed by atoms with Crippen LogP contribution in [0.3, 0.4) is 0 Å². The van der Waals surface area contributed by atoms with Gasteiger partial charge in [0.15, 0.2) is 0 Å². The van der Waals surface area contributed by atoms with E-state index in [0.29, 0.717) is 19.4 Å². The standard InChI is InChI=1S/C9H16N2O3/c1-2-8(12)10-7-5-3-4-6-9(13)11-14/h2,14H,1,3-7H2,(H,10,12)(H,11,13). The lowest BCUT2D eigenvalue weighted by Gasteiger charge is -2.01. The van der Waals surface area contributed by atoms with E-state index >= 15 is 0 Å². The summed E-state index contributed by atoms with van der Waals surface area (Å²) in [5.41, 5.74) is 1.56. The number of amides is 2. The van der Waals surface area contributed by atoms with Gasteiger partial charge in [-0.2, -0.15) is 0 Å². The normalized spacial score (nSPS) is 9.21. The van der Waals surface area contributed by atoms with E-state index in [1.807, 2.05) is 0 Å². The number of nitrogens with one attached hydrogen (secondary N) is 2. The summed E-state index contributed by atoms with van der Waals surface area (Å²) in [7, 11) is 0. The van der Waals surface area contributed by atoms with Crippen LogP contribution in [0, 0.1) is 0 Å². The Bertz CT molecular complexity index is 204. The van der Waals surface area contributed by atoms with Gasteiger partial charge in [0.25, 0.3) is 0 Å². The van der Waals surface area contributed by atoms with Crippen LogP contribution in [0.1, 0.15) is 25.7 Å². The molecule has 80 valence electrons. The molecule has 0 saturated heterocycles. The molecule has 3 N–H and O–H groups in total. The molecule has 0 saturated carbocycles. The molecule has 0 atom stereocenters. The Balaban J connectivity index is 3.18. The predicted octanol–water partition coefficient (Wildman–Crippen LogP) is 0.354. The maximum absolute atomic E-state index is 10.7. The van der Waals surface area contributed by atoms with E-state index in [2.05, 4.69) is 11.9 Å². The number of carbonyl (C=O) groups excluding carboxylic acids is 2. The maximum atomic E-state index is 10.7. The van der Waals surface area contributed by atoms with E-state index < -0.39 is 0 Å². The molecule has 0 aliphatic rings. The molecule has 0 aromatic rings. The molecule has 0 spiro atoms. The van der Waals surface area contributed by atoms with Crippen LogP contribution in [0.2, 0.25) is 0 Å². The molecule has 5 nitrogen and oxygen atoms in total. The molecule has 0 radical (unpaired) electrons. The second-order valence-electron chi connectivity index (χ2n) is 2.84. The summed E-state index contributed by atoms with van der Waals surface area (Å²) in [6, 6.07) is 0. The average Bonchev–Trinajstić information content (AvgIpc) is 2.22. The average molecular weight is 200 g/mol. The molecular weight excluding hydrogens is 184 g/mol. The molecule has 0 unspecified atom stereocenters. The van der Waals surface area contributed by atoms with Crippen LogP contribution in [-0.2, 0) is 9.59 Å². The number of rotatable bonds is 7. The van der Waals surface area contributed by atoms with Crippen molar-refractivity contribution in [1.29, 1.82) is 0 Å². The van der Waals surface area contributed by atoms with Crippen LogP contribution in [0.5, 0.6) is 0 Å². The minimum Gasteiger partial charge on any atom is -0.353 e. The number of unbranched alkanes of at least 4 members (excludes halogenated alkanes) is 2. The fourth-order valence-electron chi connectivity index (χ4n) is 0.927. The summed E-state index contributed by atoms with van der Waals surface area (Å²) >= 11 is 0. The Morgan fingerprint density at radius 1 is 1.29 bits per heavy atom. The first-order chi connectivity index (χ1) is 6.70. The third-order valence-corrected chi connectivity index (χ3v) is 1.69. The van der Waals surface area contributed by atoms with Gasteiger partial charge < -0.3 is 5.32 Å². The molecule has 0 rings (SSSR count). The van der Waals surface area contributed by atoms with Crippen molar-refractivity contribution in [2.75, 3.05) is 6.54 Å². The first kappa shape index (κ1) is 12.6. The smallest absolute Gasteiger partial charge is 0.243 e. The molecule has 0 aromatic carbocycles. The molecular formula is C9H16N2O3. The van der Waals surface area contributed by atoms with Crippen LogP contribution >= 0.6 is 0 Å². The zero-order valence-corrected chi connectivity index (χ0v) is 8.08. The molecule has 0 heterocycles. The number of hydroxylamine groups is 1. The van der Waals surface area contributed by atoms with Crippen LogP contribution < -0.4 is 10.8 Å². The van der Waals surface area contributed by atoms with Crippen LogP contribution in [0.25, 0.3) is 0 Å². The molecule has 0 aromatic heterocycles. The van der Waals surface area contributed by atoms with Crippen molar-refractivity contribution in [3.8, 4) is 0 Å². The maximum Gasteiger partial charge on any atom is 0.243 e. The molecule has 0 fully saturated rings. The topological polar surface area (TPSA) is 78.4 Å². The Morgan fingerprint density at radius 3 is 2.57 bits per heavy atom. The highest BCUT2D eigenvalue weighted by molar-refractivity contribution is 5.86. The van der Waals surface area contributed by atoms with Crippen molar-refractivity contribution in [2.45, 2.75) is 25.7 Å². The van der Waals surface area contributed by atoms with Gasteiger partial charge in [-0.3, -0.25) is 14.8 Å². The minimum absolute atomic E-state index is 0.182. The Hall–Kier alpha value is -1.36. The zero-order chi connectivity index (χ0) is 10.8. The Labute approximate surface area is 83.1 Å². The van der Waals surface area contributed by atoms with E-state index in [0.717, 1.165) is 12.8 Å². The van der Waals surface area contributed by atoms with Gasteiger partial charge in [0.1, 0.15) is 0 Å². The SMILES string of the molecule is C=CC(=O)NCCCCCC(=O)NO. The second kappa shape index (κ2) is 8.25. The highest BCUT2D eigenvalue weighted by atomic mass is 16.5. The lowest BCUT2D eigenvalue weighted by molar-refractivity contribution is -0.129. The van der Waals surface area contributed by atoms with Gasteiger partial charge in [-0.15, -0.1) is 0 Å². The first-order valence-corrected chi connectivity index (χ1v) is 4.54.